The van der Waals surface area contributed by atoms with Crippen LogP contribution >= 0.6 is 0 Å². The Morgan fingerprint density at radius 1 is 0.200 bits per heavy atom. The third-order valence-corrected chi connectivity index (χ3v) is 10.5. The molecule has 0 saturated carbocycles. The molecule has 0 aliphatic rings. The van der Waals surface area contributed by atoms with Crippen molar-refractivity contribution >= 4 is 53.9 Å². The van der Waals surface area contributed by atoms with E-state index >= 15 is 0 Å². The lowest BCUT2D eigenvalue weighted by Crippen LogP contribution is -1.93. The predicted octanol–water partition coefficient (Wildman–Crippen LogP) is 14.1. The largest absolute Gasteiger partial charge is 0.0622 e. The standard InChI is InChI=1S/C50H32/c1-2-14-33(15-3-1)37-17-6-7-19-39(37)42-30-31-47(41-21-9-8-20-40(41)42)50-45-24-12-10-22-43(45)49(44-23-11-13-25-46(44)50)36-29-28-35-27-26-34-16-4-5-18-38(34)48(35)32-36/h1-32H. The van der Waals surface area contributed by atoms with Gasteiger partial charge in [-0.1, -0.05) is 188 Å². The van der Waals surface area contributed by atoms with Gasteiger partial charge in [-0.15, -0.1) is 0 Å². The summed E-state index contributed by atoms with van der Waals surface area (Å²) < 4.78 is 0. The Morgan fingerprint density at radius 2 is 0.660 bits per heavy atom. The van der Waals surface area contributed by atoms with Gasteiger partial charge >= 0.3 is 0 Å². The molecule has 0 heterocycles. The highest BCUT2D eigenvalue weighted by atomic mass is 14.2. The van der Waals surface area contributed by atoms with E-state index in [2.05, 4.69) is 194 Å². The second-order valence-electron chi connectivity index (χ2n) is 13.2. The van der Waals surface area contributed by atoms with Gasteiger partial charge in [0.1, 0.15) is 0 Å². The summed E-state index contributed by atoms with van der Waals surface area (Å²) >= 11 is 0. The molecule has 10 aromatic rings. The summed E-state index contributed by atoms with van der Waals surface area (Å²) in [6.45, 7) is 0. The molecular formula is C50H32. The average molecular weight is 633 g/mol. The van der Waals surface area contributed by atoms with Crippen LogP contribution in [0.3, 0.4) is 0 Å². The monoisotopic (exact) mass is 632 g/mol. The van der Waals surface area contributed by atoms with E-state index in [9.17, 15) is 0 Å². The number of rotatable bonds is 4. The van der Waals surface area contributed by atoms with Crippen molar-refractivity contribution < 1.29 is 0 Å². The Bertz CT molecular complexity index is 2860. The maximum absolute atomic E-state index is 2.40. The Kier molecular flexibility index (Phi) is 6.60. The minimum absolute atomic E-state index is 1.23. The zero-order valence-corrected chi connectivity index (χ0v) is 27.5. The SMILES string of the molecule is c1ccc(-c2ccccc2-c2ccc(-c3c4ccccc4c(-c4ccc5ccc6ccccc6c5c4)c4ccccc34)c3ccccc23)cc1. The van der Waals surface area contributed by atoms with Crippen LogP contribution in [0.5, 0.6) is 0 Å². The van der Waals surface area contributed by atoms with E-state index in [1.54, 1.807) is 0 Å². The molecular weight excluding hydrogens is 601 g/mol. The lowest BCUT2D eigenvalue weighted by atomic mass is 9.83. The van der Waals surface area contributed by atoms with E-state index in [1.807, 2.05) is 0 Å². The lowest BCUT2D eigenvalue weighted by Gasteiger charge is -2.20. The van der Waals surface area contributed by atoms with E-state index in [0.29, 0.717) is 0 Å². The number of hydrogen-bond donors (Lipinski definition) is 0. The van der Waals surface area contributed by atoms with Crippen LogP contribution in [-0.4, -0.2) is 0 Å². The van der Waals surface area contributed by atoms with Gasteiger partial charge in [0.2, 0.25) is 0 Å². The van der Waals surface area contributed by atoms with E-state index in [1.165, 1.54) is 98.4 Å². The van der Waals surface area contributed by atoms with Crippen molar-refractivity contribution in [1.29, 1.82) is 0 Å². The first-order chi connectivity index (χ1) is 24.8. The van der Waals surface area contributed by atoms with E-state index in [0.717, 1.165) is 0 Å². The average Bonchev–Trinajstić information content (AvgIpc) is 3.20. The molecule has 0 saturated heterocycles. The predicted molar refractivity (Wildman–Crippen MR) is 216 cm³/mol. The molecule has 0 N–H and O–H groups in total. The minimum Gasteiger partial charge on any atom is -0.0622 e. The number of benzene rings is 10. The van der Waals surface area contributed by atoms with Crippen LogP contribution < -0.4 is 0 Å². The fourth-order valence-corrected chi connectivity index (χ4v) is 8.23. The summed E-state index contributed by atoms with van der Waals surface area (Å²) in [5.41, 5.74) is 10.0. The van der Waals surface area contributed by atoms with Crippen LogP contribution in [0.1, 0.15) is 0 Å². The Labute approximate surface area is 291 Å². The van der Waals surface area contributed by atoms with Crippen molar-refractivity contribution in [2.45, 2.75) is 0 Å². The fourth-order valence-electron chi connectivity index (χ4n) is 8.23. The summed E-state index contributed by atoms with van der Waals surface area (Å²) in [6, 6.07) is 71.3. The molecule has 0 amide bonds. The van der Waals surface area contributed by atoms with Gasteiger partial charge in [0.25, 0.3) is 0 Å². The Morgan fingerprint density at radius 3 is 1.34 bits per heavy atom. The molecule has 0 nitrogen and oxygen atoms in total. The maximum atomic E-state index is 2.40. The summed E-state index contributed by atoms with van der Waals surface area (Å²) in [4.78, 5) is 0. The molecule has 0 bridgehead atoms. The Hall–Kier alpha value is -6.50. The fraction of sp³-hybridized carbons (Fsp3) is 0. The maximum Gasteiger partial charge on any atom is -0.00201 e. The molecule has 0 aromatic heterocycles. The van der Waals surface area contributed by atoms with Crippen molar-refractivity contribution in [2.75, 3.05) is 0 Å². The van der Waals surface area contributed by atoms with Crippen LogP contribution in [0.25, 0.3) is 98.4 Å². The zero-order valence-electron chi connectivity index (χ0n) is 27.5. The first kappa shape index (κ1) is 28.5. The number of fused-ring (bicyclic) bond motifs is 6. The van der Waals surface area contributed by atoms with Gasteiger partial charge in [-0.3, -0.25) is 0 Å². The molecule has 0 aliphatic heterocycles. The normalized spacial score (nSPS) is 11.6. The van der Waals surface area contributed by atoms with Crippen molar-refractivity contribution in [1.82, 2.24) is 0 Å². The molecule has 0 atom stereocenters. The van der Waals surface area contributed by atoms with E-state index < -0.39 is 0 Å². The second kappa shape index (κ2) is 11.6. The van der Waals surface area contributed by atoms with Gasteiger partial charge < -0.3 is 0 Å². The van der Waals surface area contributed by atoms with Crippen LogP contribution in [-0.2, 0) is 0 Å². The summed E-state index contributed by atoms with van der Waals surface area (Å²) in [5, 5.41) is 12.7. The molecule has 10 aromatic carbocycles. The summed E-state index contributed by atoms with van der Waals surface area (Å²) in [5.74, 6) is 0. The van der Waals surface area contributed by atoms with Gasteiger partial charge in [0.05, 0.1) is 0 Å². The minimum atomic E-state index is 1.23. The quantitative estimate of drug-likeness (QED) is 0.134. The lowest BCUT2D eigenvalue weighted by molar-refractivity contribution is 1.60. The molecule has 10 rings (SSSR count). The van der Waals surface area contributed by atoms with Gasteiger partial charge in [0, 0.05) is 0 Å². The van der Waals surface area contributed by atoms with Crippen LogP contribution in [0, 0.1) is 0 Å². The van der Waals surface area contributed by atoms with Crippen LogP contribution in [0.15, 0.2) is 194 Å². The second-order valence-corrected chi connectivity index (χ2v) is 13.2. The highest BCUT2D eigenvalue weighted by Gasteiger charge is 2.20. The first-order valence-electron chi connectivity index (χ1n) is 17.4. The molecule has 0 spiro atoms. The molecule has 50 heavy (non-hydrogen) atoms. The third-order valence-electron chi connectivity index (χ3n) is 10.5. The van der Waals surface area contributed by atoms with E-state index in [4.69, 9.17) is 0 Å². The highest BCUT2D eigenvalue weighted by molar-refractivity contribution is 6.25. The van der Waals surface area contributed by atoms with E-state index in [-0.39, 0.29) is 0 Å². The van der Waals surface area contributed by atoms with Crippen LogP contribution in [0.2, 0.25) is 0 Å². The van der Waals surface area contributed by atoms with Gasteiger partial charge in [-0.05, 0) is 104 Å². The molecule has 0 radical (unpaired) electrons. The highest BCUT2D eigenvalue weighted by Crippen LogP contribution is 2.47. The molecule has 0 aliphatic carbocycles. The summed E-state index contributed by atoms with van der Waals surface area (Å²) in [7, 11) is 0. The number of hydrogen-bond acceptors (Lipinski definition) is 0. The van der Waals surface area contributed by atoms with Crippen LogP contribution in [0.4, 0.5) is 0 Å². The molecule has 0 heteroatoms. The van der Waals surface area contributed by atoms with Crippen molar-refractivity contribution in [3.8, 4) is 44.5 Å². The van der Waals surface area contributed by atoms with Gasteiger partial charge in [-0.2, -0.15) is 0 Å². The third kappa shape index (κ3) is 4.46. The topological polar surface area (TPSA) is 0 Å². The van der Waals surface area contributed by atoms with Gasteiger partial charge in [-0.25, -0.2) is 0 Å². The Balaban J connectivity index is 1.25. The molecule has 232 valence electrons. The smallest absolute Gasteiger partial charge is 0.00201 e. The van der Waals surface area contributed by atoms with Crippen molar-refractivity contribution in [3.05, 3.63) is 194 Å². The van der Waals surface area contributed by atoms with Crippen molar-refractivity contribution in [2.24, 2.45) is 0 Å². The van der Waals surface area contributed by atoms with Gasteiger partial charge in [0.15, 0.2) is 0 Å². The first-order valence-corrected chi connectivity index (χ1v) is 17.4. The zero-order chi connectivity index (χ0) is 33.0. The molecule has 0 unspecified atom stereocenters. The van der Waals surface area contributed by atoms with Crippen molar-refractivity contribution in [3.63, 3.8) is 0 Å². The summed E-state index contributed by atoms with van der Waals surface area (Å²) in [6.07, 6.45) is 0. The molecule has 0 fully saturated rings.